The summed E-state index contributed by atoms with van der Waals surface area (Å²) >= 11 is 11.6. The molecule has 3 rings (SSSR count). The molecule has 0 radical (unpaired) electrons. The molecule has 0 aliphatic rings. The van der Waals surface area contributed by atoms with Gasteiger partial charge in [0.2, 0.25) is 5.91 Å². The van der Waals surface area contributed by atoms with Gasteiger partial charge in [-0.25, -0.2) is 4.68 Å². The molecule has 28 heavy (non-hydrogen) atoms. The van der Waals surface area contributed by atoms with E-state index in [0.29, 0.717) is 6.54 Å². The average Bonchev–Trinajstić information content (AvgIpc) is 2.73. The number of aromatic nitrogens is 2. The highest BCUT2D eigenvalue weighted by molar-refractivity contribution is 6.41. The summed E-state index contributed by atoms with van der Waals surface area (Å²) in [5.74, 6) is -0.151. The van der Waals surface area contributed by atoms with Crippen molar-refractivity contribution < 1.29 is 4.79 Å². The minimum absolute atomic E-state index is 0.0666. The van der Waals surface area contributed by atoms with Crippen molar-refractivity contribution >= 4 is 29.1 Å². The standard InChI is InChI=1S/C21H19Cl2N3O2/c22-18-13-25-26(21(28)20(18)23)14-19(27)24-12-11-17(15-7-3-1-4-8-15)16-9-5-2-6-10-16/h1-10,13,17H,11-12,14H2,(H,24,27). The lowest BCUT2D eigenvalue weighted by molar-refractivity contribution is -0.121. The van der Waals surface area contributed by atoms with Crippen molar-refractivity contribution in [3.05, 3.63) is 98.4 Å². The highest BCUT2D eigenvalue weighted by Crippen LogP contribution is 2.27. The van der Waals surface area contributed by atoms with E-state index < -0.39 is 5.56 Å². The topological polar surface area (TPSA) is 64.0 Å². The van der Waals surface area contributed by atoms with Crippen LogP contribution in [-0.4, -0.2) is 22.2 Å². The zero-order valence-electron chi connectivity index (χ0n) is 15.0. The van der Waals surface area contributed by atoms with Crippen LogP contribution in [-0.2, 0) is 11.3 Å². The third-order valence-electron chi connectivity index (χ3n) is 4.39. The van der Waals surface area contributed by atoms with E-state index in [4.69, 9.17) is 23.2 Å². The molecular weight excluding hydrogens is 397 g/mol. The molecule has 0 saturated heterocycles. The van der Waals surface area contributed by atoms with Crippen LogP contribution in [0, 0.1) is 0 Å². The minimum Gasteiger partial charge on any atom is -0.354 e. The number of rotatable bonds is 7. The van der Waals surface area contributed by atoms with Crippen LogP contribution in [0.4, 0.5) is 0 Å². The maximum Gasteiger partial charge on any atom is 0.287 e. The molecule has 1 aromatic heterocycles. The largest absolute Gasteiger partial charge is 0.354 e. The van der Waals surface area contributed by atoms with E-state index in [0.717, 1.165) is 11.1 Å². The molecule has 0 aliphatic heterocycles. The second-order valence-corrected chi connectivity index (χ2v) is 7.07. The van der Waals surface area contributed by atoms with Crippen LogP contribution in [0.15, 0.2) is 71.7 Å². The predicted octanol–water partition coefficient (Wildman–Crippen LogP) is 3.89. The summed E-state index contributed by atoms with van der Waals surface area (Å²) in [4.78, 5) is 24.2. The number of carbonyl (C=O) groups excluding carboxylic acids is 1. The summed E-state index contributed by atoms with van der Waals surface area (Å²) in [5, 5.41) is 6.62. The monoisotopic (exact) mass is 415 g/mol. The van der Waals surface area contributed by atoms with Gasteiger partial charge < -0.3 is 5.32 Å². The minimum atomic E-state index is -0.587. The van der Waals surface area contributed by atoms with Gasteiger partial charge in [-0.2, -0.15) is 5.10 Å². The Morgan fingerprint density at radius 2 is 1.57 bits per heavy atom. The number of hydrogen-bond donors (Lipinski definition) is 1. The van der Waals surface area contributed by atoms with Crippen molar-refractivity contribution in [1.82, 2.24) is 15.1 Å². The maximum absolute atomic E-state index is 12.2. The van der Waals surface area contributed by atoms with Gasteiger partial charge in [0.15, 0.2) is 0 Å². The molecule has 1 amide bonds. The fourth-order valence-corrected chi connectivity index (χ4v) is 3.27. The Morgan fingerprint density at radius 1 is 1.00 bits per heavy atom. The van der Waals surface area contributed by atoms with Crippen LogP contribution in [0.3, 0.4) is 0 Å². The fourth-order valence-electron chi connectivity index (χ4n) is 3.00. The Labute approximate surface area is 172 Å². The Kier molecular flexibility index (Phi) is 6.85. The molecule has 0 fully saturated rings. The first-order valence-corrected chi connectivity index (χ1v) is 9.59. The summed E-state index contributed by atoms with van der Waals surface area (Å²) in [5.41, 5.74) is 1.78. The smallest absolute Gasteiger partial charge is 0.287 e. The lowest BCUT2D eigenvalue weighted by atomic mass is 9.88. The molecule has 0 bridgehead atoms. The normalized spacial score (nSPS) is 10.8. The quantitative estimate of drug-likeness (QED) is 0.636. The lowest BCUT2D eigenvalue weighted by Crippen LogP contribution is -2.34. The van der Waals surface area contributed by atoms with Gasteiger partial charge in [-0.1, -0.05) is 83.9 Å². The zero-order chi connectivity index (χ0) is 19.9. The Bertz CT molecular complexity index is 952. The van der Waals surface area contributed by atoms with Crippen LogP contribution < -0.4 is 10.9 Å². The molecule has 0 aliphatic carbocycles. The Hall–Kier alpha value is -2.63. The van der Waals surface area contributed by atoms with Crippen molar-refractivity contribution in [2.24, 2.45) is 0 Å². The second kappa shape index (κ2) is 9.53. The molecule has 7 heteroatoms. The van der Waals surface area contributed by atoms with Gasteiger partial charge in [0, 0.05) is 12.5 Å². The van der Waals surface area contributed by atoms with E-state index in [9.17, 15) is 9.59 Å². The van der Waals surface area contributed by atoms with Crippen LogP contribution in [0.5, 0.6) is 0 Å². The van der Waals surface area contributed by atoms with Gasteiger partial charge in [0.1, 0.15) is 11.6 Å². The third kappa shape index (κ3) is 5.00. The maximum atomic E-state index is 12.2. The fraction of sp³-hybridized carbons (Fsp3) is 0.190. The van der Waals surface area contributed by atoms with E-state index in [1.807, 2.05) is 36.4 Å². The van der Waals surface area contributed by atoms with E-state index in [1.165, 1.54) is 17.3 Å². The number of amides is 1. The van der Waals surface area contributed by atoms with E-state index in [2.05, 4.69) is 34.7 Å². The molecule has 3 aromatic rings. The third-order valence-corrected chi connectivity index (χ3v) is 5.14. The molecule has 1 N–H and O–H groups in total. The Morgan fingerprint density at radius 3 is 2.14 bits per heavy atom. The zero-order valence-corrected chi connectivity index (χ0v) is 16.5. The van der Waals surface area contributed by atoms with Crippen molar-refractivity contribution in [3.8, 4) is 0 Å². The number of halogens is 2. The molecule has 0 saturated carbocycles. The van der Waals surface area contributed by atoms with Crippen LogP contribution in [0.2, 0.25) is 10.0 Å². The van der Waals surface area contributed by atoms with Crippen molar-refractivity contribution in [2.45, 2.75) is 18.9 Å². The molecule has 0 unspecified atom stereocenters. The van der Waals surface area contributed by atoms with Crippen molar-refractivity contribution in [2.75, 3.05) is 6.54 Å². The average molecular weight is 416 g/mol. The predicted molar refractivity (Wildman–Crippen MR) is 111 cm³/mol. The number of nitrogens with one attached hydrogen (secondary N) is 1. The van der Waals surface area contributed by atoms with Gasteiger partial charge in [-0.15, -0.1) is 0 Å². The molecule has 1 heterocycles. The van der Waals surface area contributed by atoms with E-state index in [-0.39, 0.29) is 28.4 Å². The van der Waals surface area contributed by atoms with Crippen LogP contribution in [0.25, 0.3) is 0 Å². The SMILES string of the molecule is O=C(Cn1ncc(Cl)c(Cl)c1=O)NCCC(c1ccccc1)c1ccccc1. The van der Waals surface area contributed by atoms with Crippen molar-refractivity contribution in [1.29, 1.82) is 0 Å². The molecule has 144 valence electrons. The summed E-state index contributed by atoms with van der Waals surface area (Å²) in [6, 6.07) is 20.3. The number of benzene rings is 2. The first kappa shape index (κ1) is 20.1. The summed E-state index contributed by atoms with van der Waals surface area (Å²) < 4.78 is 0.995. The highest BCUT2D eigenvalue weighted by atomic mass is 35.5. The van der Waals surface area contributed by atoms with Gasteiger partial charge in [0.25, 0.3) is 5.56 Å². The van der Waals surface area contributed by atoms with E-state index in [1.54, 1.807) is 0 Å². The number of hydrogen-bond acceptors (Lipinski definition) is 3. The number of carbonyl (C=O) groups is 1. The molecule has 2 aromatic carbocycles. The summed E-state index contributed by atoms with van der Waals surface area (Å²) in [7, 11) is 0. The van der Waals surface area contributed by atoms with E-state index >= 15 is 0 Å². The molecule has 0 spiro atoms. The van der Waals surface area contributed by atoms with Gasteiger partial charge in [-0.3, -0.25) is 9.59 Å². The highest BCUT2D eigenvalue weighted by Gasteiger charge is 2.15. The van der Waals surface area contributed by atoms with Crippen molar-refractivity contribution in [3.63, 3.8) is 0 Å². The number of nitrogens with zero attached hydrogens (tertiary/aromatic N) is 2. The summed E-state index contributed by atoms with van der Waals surface area (Å²) in [6.45, 7) is 0.250. The second-order valence-electron chi connectivity index (χ2n) is 6.28. The first-order valence-electron chi connectivity index (χ1n) is 8.84. The lowest BCUT2D eigenvalue weighted by Gasteiger charge is -2.18. The first-order chi connectivity index (χ1) is 13.6. The molecule has 0 atom stereocenters. The van der Waals surface area contributed by atoms with Gasteiger partial charge in [0.05, 0.1) is 11.2 Å². The van der Waals surface area contributed by atoms with Gasteiger partial charge >= 0.3 is 0 Å². The summed E-state index contributed by atoms with van der Waals surface area (Å²) in [6.07, 6.45) is 1.98. The molecule has 5 nitrogen and oxygen atoms in total. The Balaban J connectivity index is 1.64. The van der Waals surface area contributed by atoms with Gasteiger partial charge in [-0.05, 0) is 17.5 Å². The van der Waals surface area contributed by atoms with Crippen LogP contribution in [0.1, 0.15) is 23.5 Å². The van der Waals surface area contributed by atoms with Crippen LogP contribution >= 0.6 is 23.2 Å². The molecular formula is C21H19Cl2N3O2.